The molecule has 4 rings (SSSR count). The Balaban J connectivity index is 1.52. The molecule has 1 saturated carbocycles. The number of nitrogens with zero attached hydrogens (tertiary/aromatic N) is 1. The Bertz CT molecular complexity index is 979. The largest absolute Gasteiger partial charge is 0.423 e. The summed E-state index contributed by atoms with van der Waals surface area (Å²) in [6.45, 7) is 6.00. The fourth-order valence-corrected chi connectivity index (χ4v) is 4.38. The monoisotopic (exact) mass is 391 g/mol. The van der Waals surface area contributed by atoms with Crippen molar-refractivity contribution in [2.24, 2.45) is 17.8 Å². The molecule has 2 amide bonds. The van der Waals surface area contributed by atoms with Crippen molar-refractivity contribution in [1.82, 2.24) is 0 Å². The maximum Gasteiger partial charge on any atom is 0.343 e. The van der Waals surface area contributed by atoms with Crippen molar-refractivity contribution in [3.63, 3.8) is 0 Å². The molecule has 3 atom stereocenters. The zero-order chi connectivity index (χ0) is 20.7. The van der Waals surface area contributed by atoms with E-state index in [-0.39, 0.29) is 23.7 Å². The van der Waals surface area contributed by atoms with E-state index in [1.165, 1.54) is 4.90 Å². The molecule has 1 heterocycles. The van der Waals surface area contributed by atoms with Gasteiger partial charge in [0.2, 0.25) is 11.8 Å². The molecule has 1 saturated heterocycles. The highest BCUT2D eigenvalue weighted by Crippen LogP contribution is 2.42. The molecule has 1 aliphatic carbocycles. The van der Waals surface area contributed by atoms with Gasteiger partial charge in [0.15, 0.2) is 0 Å². The summed E-state index contributed by atoms with van der Waals surface area (Å²) in [6.07, 6.45) is 2.52. The minimum atomic E-state index is -0.466. The Kier molecular flexibility index (Phi) is 4.99. The summed E-state index contributed by atoms with van der Waals surface area (Å²) >= 11 is 0. The summed E-state index contributed by atoms with van der Waals surface area (Å²) in [7, 11) is 0. The van der Waals surface area contributed by atoms with E-state index in [0.29, 0.717) is 22.9 Å². The fourth-order valence-electron chi connectivity index (χ4n) is 4.38. The molecule has 2 aromatic rings. The van der Waals surface area contributed by atoms with Crippen LogP contribution in [0.5, 0.6) is 5.75 Å². The topological polar surface area (TPSA) is 63.7 Å². The van der Waals surface area contributed by atoms with Crippen molar-refractivity contribution < 1.29 is 19.1 Å². The number of hydrogen-bond acceptors (Lipinski definition) is 4. The number of fused-ring (bicyclic) bond motifs is 1. The number of rotatable bonds is 3. The number of anilines is 1. The van der Waals surface area contributed by atoms with Crippen molar-refractivity contribution in [1.29, 1.82) is 0 Å². The molecule has 150 valence electrons. The van der Waals surface area contributed by atoms with Gasteiger partial charge in [-0.05, 0) is 80.5 Å². The van der Waals surface area contributed by atoms with Crippen LogP contribution in [0.4, 0.5) is 5.69 Å². The molecule has 0 N–H and O–H groups in total. The number of amides is 2. The third-order valence-electron chi connectivity index (χ3n) is 6.31. The lowest BCUT2D eigenvalue weighted by Crippen LogP contribution is -2.30. The second-order valence-electron chi connectivity index (χ2n) is 8.28. The summed E-state index contributed by atoms with van der Waals surface area (Å²) in [5, 5.41) is 0. The van der Waals surface area contributed by atoms with E-state index >= 15 is 0 Å². The molecule has 0 radical (unpaired) electrons. The summed E-state index contributed by atoms with van der Waals surface area (Å²) in [6, 6.07) is 12.1. The highest BCUT2D eigenvalue weighted by Gasteiger charge is 2.49. The van der Waals surface area contributed by atoms with Gasteiger partial charge in [0.25, 0.3) is 0 Å². The van der Waals surface area contributed by atoms with Gasteiger partial charge in [0.05, 0.1) is 23.1 Å². The molecule has 5 nitrogen and oxygen atoms in total. The number of esters is 1. The van der Waals surface area contributed by atoms with Crippen molar-refractivity contribution in [2.75, 3.05) is 4.90 Å². The lowest BCUT2D eigenvalue weighted by Gasteiger charge is -2.25. The third kappa shape index (κ3) is 3.46. The standard InChI is InChI=1S/C24H25NO4/c1-14-7-12-19-20(13-14)23(27)25(22(19)26)18-10-8-17(9-11-18)24(28)29-21-6-4-5-15(2)16(21)3/h4-6,8-11,14,19-20H,7,12-13H2,1-3H3/t14-,19-,20-/m1/s1. The molecule has 0 aromatic heterocycles. The van der Waals surface area contributed by atoms with Gasteiger partial charge in [0.1, 0.15) is 5.75 Å². The van der Waals surface area contributed by atoms with Crippen LogP contribution in [0.3, 0.4) is 0 Å². The van der Waals surface area contributed by atoms with Gasteiger partial charge in [-0.1, -0.05) is 19.1 Å². The van der Waals surface area contributed by atoms with Crippen LogP contribution in [0.15, 0.2) is 42.5 Å². The molecule has 2 fully saturated rings. The molecule has 0 bridgehead atoms. The predicted octanol–water partition coefficient (Wildman–Crippen LogP) is 4.45. The van der Waals surface area contributed by atoms with Crippen LogP contribution in [0.1, 0.15) is 47.7 Å². The van der Waals surface area contributed by atoms with Crippen LogP contribution in [-0.2, 0) is 9.59 Å². The van der Waals surface area contributed by atoms with E-state index in [1.54, 1.807) is 30.3 Å². The maximum absolute atomic E-state index is 12.8. The summed E-state index contributed by atoms with van der Waals surface area (Å²) < 4.78 is 5.52. The predicted molar refractivity (Wildman–Crippen MR) is 110 cm³/mol. The highest BCUT2D eigenvalue weighted by atomic mass is 16.5. The molecule has 0 unspecified atom stereocenters. The van der Waals surface area contributed by atoms with Crippen molar-refractivity contribution in [3.05, 3.63) is 59.2 Å². The first kappa shape index (κ1) is 19.4. The van der Waals surface area contributed by atoms with Gasteiger partial charge < -0.3 is 4.74 Å². The Hall–Kier alpha value is -2.95. The average Bonchev–Trinajstić information content (AvgIpc) is 2.95. The van der Waals surface area contributed by atoms with Crippen LogP contribution in [0.2, 0.25) is 0 Å². The van der Waals surface area contributed by atoms with Gasteiger partial charge >= 0.3 is 5.97 Å². The van der Waals surface area contributed by atoms with E-state index in [4.69, 9.17) is 4.74 Å². The molecule has 1 aliphatic heterocycles. The van der Waals surface area contributed by atoms with Crippen molar-refractivity contribution in [2.45, 2.75) is 40.0 Å². The van der Waals surface area contributed by atoms with E-state index in [1.807, 2.05) is 26.0 Å². The first-order chi connectivity index (χ1) is 13.9. The minimum absolute atomic E-state index is 0.113. The molecule has 2 aromatic carbocycles. The van der Waals surface area contributed by atoms with Gasteiger partial charge in [-0.25, -0.2) is 4.79 Å². The zero-order valence-corrected chi connectivity index (χ0v) is 17.0. The second kappa shape index (κ2) is 7.47. The number of hydrogen-bond donors (Lipinski definition) is 0. The van der Waals surface area contributed by atoms with E-state index in [2.05, 4.69) is 6.92 Å². The van der Waals surface area contributed by atoms with Crippen LogP contribution >= 0.6 is 0 Å². The average molecular weight is 391 g/mol. The molecule has 0 spiro atoms. The Morgan fingerprint density at radius 2 is 1.66 bits per heavy atom. The molecule has 2 aliphatic rings. The normalized spacial score (nSPS) is 23.8. The number of imide groups is 1. The number of carbonyl (C=O) groups excluding carboxylic acids is 3. The van der Waals surface area contributed by atoms with E-state index in [0.717, 1.165) is 30.4 Å². The zero-order valence-electron chi connectivity index (χ0n) is 17.0. The van der Waals surface area contributed by atoms with Crippen LogP contribution in [0.25, 0.3) is 0 Å². The van der Waals surface area contributed by atoms with Crippen LogP contribution in [0, 0.1) is 31.6 Å². The molecular formula is C24H25NO4. The van der Waals surface area contributed by atoms with Gasteiger partial charge in [-0.15, -0.1) is 0 Å². The lowest BCUT2D eigenvalue weighted by molar-refractivity contribution is -0.122. The Morgan fingerprint density at radius 3 is 2.38 bits per heavy atom. The molecular weight excluding hydrogens is 366 g/mol. The van der Waals surface area contributed by atoms with Gasteiger partial charge in [-0.2, -0.15) is 0 Å². The second-order valence-corrected chi connectivity index (χ2v) is 8.28. The third-order valence-corrected chi connectivity index (χ3v) is 6.31. The van der Waals surface area contributed by atoms with Crippen LogP contribution in [-0.4, -0.2) is 17.8 Å². The highest BCUT2D eigenvalue weighted by molar-refractivity contribution is 6.22. The fraction of sp³-hybridized carbons (Fsp3) is 0.375. The summed E-state index contributed by atoms with van der Waals surface area (Å²) in [5.74, 6) is -0.105. The summed E-state index contributed by atoms with van der Waals surface area (Å²) in [4.78, 5) is 39.4. The van der Waals surface area contributed by atoms with E-state index < -0.39 is 5.97 Å². The maximum atomic E-state index is 12.8. The first-order valence-corrected chi connectivity index (χ1v) is 10.1. The van der Waals surface area contributed by atoms with Crippen molar-refractivity contribution in [3.8, 4) is 5.75 Å². The lowest BCUT2D eigenvalue weighted by atomic mass is 9.76. The smallest absolute Gasteiger partial charge is 0.343 e. The first-order valence-electron chi connectivity index (χ1n) is 10.1. The van der Waals surface area contributed by atoms with Crippen molar-refractivity contribution >= 4 is 23.5 Å². The summed E-state index contributed by atoms with van der Waals surface area (Å²) in [5.41, 5.74) is 2.86. The number of aryl methyl sites for hydroxylation is 1. The molecule has 5 heteroatoms. The number of ether oxygens (including phenoxy) is 1. The Labute approximate surface area is 170 Å². The van der Waals surface area contributed by atoms with Gasteiger partial charge in [0, 0.05) is 0 Å². The Morgan fingerprint density at radius 1 is 0.966 bits per heavy atom. The van der Waals surface area contributed by atoms with Crippen LogP contribution < -0.4 is 9.64 Å². The number of carbonyl (C=O) groups is 3. The molecule has 29 heavy (non-hydrogen) atoms. The minimum Gasteiger partial charge on any atom is -0.423 e. The van der Waals surface area contributed by atoms with E-state index in [9.17, 15) is 14.4 Å². The van der Waals surface area contributed by atoms with Gasteiger partial charge in [-0.3, -0.25) is 14.5 Å². The number of benzene rings is 2. The quantitative estimate of drug-likeness (QED) is 0.441. The SMILES string of the molecule is Cc1cccc(OC(=O)c2ccc(N3C(=O)[C@@H]4CC[C@@H](C)C[C@H]4C3=O)cc2)c1C.